The summed E-state index contributed by atoms with van der Waals surface area (Å²) in [5.74, 6) is 1.04. The highest BCUT2D eigenvalue weighted by molar-refractivity contribution is 6.88. The molecule has 1 heteroatoms. The Bertz CT molecular complexity index is 1390. The maximum Gasteiger partial charge on any atom is 0.0934 e. The van der Waals surface area contributed by atoms with E-state index in [-0.39, 0.29) is 10.8 Å². The second-order valence-electron chi connectivity index (χ2n) is 15.2. The molecule has 0 saturated carbocycles. The molecule has 0 spiro atoms. The number of hydrogen-bond donors (Lipinski definition) is 0. The third-order valence-electron chi connectivity index (χ3n) is 10.7. The highest BCUT2D eigenvalue weighted by Gasteiger charge is 2.47. The van der Waals surface area contributed by atoms with Gasteiger partial charge in [0.05, 0.1) is 8.07 Å². The van der Waals surface area contributed by atoms with Crippen LogP contribution in [0.5, 0.6) is 0 Å². The first kappa shape index (κ1) is 30.8. The van der Waals surface area contributed by atoms with Gasteiger partial charge in [-0.1, -0.05) is 147 Å². The molecule has 2 aliphatic rings. The van der Waals surface area contributed by atoms with Gasteiger partial charge in [-0.15, -0.1) is 0 Å². The van der Waals surface area contributed by atoms with E-state index in [2.05, 4.69) is 139 Å². The van der Waals surface area contributed by atoms with E-state index >= 15 is 0 Å². The van der Waals surface area contributed by atoms with E-state index in [9.17, 15) is 0 Å². The number of fused-ring (bicyclic) bond motifs is 1. The lowest BCUT2D eigenvalue weighted by atomic mass is 9.73. The Hall–Kier alpha value is -2.12. The molecule has 216 valence electrons. The van der Waals surface area contributed by atoms with Gasteiger partial charge < -0.3 is 0 Å². The minimum absolute atomic E-state index is 0.0871. The van der Waals surface area contributed by atoms with Crippen LogP contribution in [0.3, 0.4) is 0 Å². The molecule has 0 radical (unpaired) electrons. The molecule has 0 fully saturated rings. The van der Waals surface area contributed by atoms with Crippen molar-refractivity contribution in [3.63, 3.8) is 0 Å². The zero-order valence-corrected chi connectivity index (χ0v) is 29.2. The minimum atomic E-state index is -1.83. The predicted molar refractivity (Wildman–Crippen MR) is 182 cm³/mol. The van der Waals surface area contributed by atoms with Gasteiger partial charge in [-0.25, -0.2) is 0 Å². The summed E-state index contributed by atoms with van der Waals surface area (Å²) in [6.07, 6.45) is 5.13. The van der Waals surface area contributed by atoms with E-state index in [1.54, 1.807) is 22.3 Å². The van der Waals surface area contributed by atoms with Gasteiger partial charge in [-0.3, -0.25) is 0 Å². The van der Waals surface area contributed by atoms with Gasteiger partial charge in [0.15, 0.2) is 0 Å². The summed E-state index contributed by atoms with van der Waals surface area (Å²) in [4.78, 5) is 0. The Morgan fingerprint density at radius 2 is 1.45 bits per heavy atom. The molecule has 0 aliphatic heterocycles. The van der Waals surface area contributed by atoms with Gasteiger partial charge in [0, 0.05) is 5.54 Å². The number of benzene rings is 2. The summed E-state index contributed by atoms with van der Waals surface area (Å²) in [6.45, 7) is 33.6. The number of allylic oxidation sites excluding steroid dienone is 5. The summed E-state index contributed by atoms with van der Waals surface area (Å²) in [7, 11) is -1.83. The normalized spacial score (nSPS) is 19.9. The Morgan fingerprint density at radius 3 is 1.93 bits per heavy atom. The largest absolute Gasteiger partial charge is 0.0934 e. The van der Waals surface area contributed by atoms with Crippen molar-refractivity contribution < 1.29 is 0 Å². The van der Waals surface area contributed by atoms with Crippen LogP contribution in [0.25, 0.3) is 17.2 Å². The van der Waals surface area contributed by atoms with Crippen molar-refractivity contribution >= 4 is 14.1 Å². The van der Waals surface area contributed by atoms with Crippen molar-refractivity contribution in [2.45, 2.75) is 131 Å². The first-order chi connectivity index (χ1) is 18.5. The first-order valence-electron chi connectivity index (χ1n) is 15.9. The maximum absolute atomic E-state index is 2.62. The van der Waals surface area contributed by atoms with Crippen LogP contribution in [-0.4, -0.2) is 8.07 Å². The van der Waals surface area contributed by atoms with Crippen LogP contribution in [0.2, 0.25) is 12.1 Å². The summed E-state index contributed by atoms with van der Waals surface area (Å²) in [5, 5.41) is 1.83. The van der Waals surface area contributed by atoms with Crippen LogP contribution in [0.1, 0.15) is 136 Å². The molecule has 2 unspecified atom stereocenters. The van der Waals surface area contributed by atoms with E-state index < -0.39 is 8.07 Å². The molecule has 2 aliphatic carbocycles. The van der Waals surface area contributed by atoms with E-state index in [1.165, 1.54) is 45.5 Å². The topological polar surface area (TPSA) is 0 Å². The monoisotopic (exact) mass is 552 g/mol. The molecule has 0 heterocycles. The number of rotatable bonds is 6. The van der Waals surface area contributed by atoms with Crippen molar-refractivity contribution in [3.8, 4) is 11.1 Å². The molecule has 4 rings (SSSR count). The quantitative estimate of drug-likeness (QED) is 0.313. The summed E-state index contributed by atoms with van der Waals surface area (Å²) >= 11 is 0. The Balaban J connectivity index is 1.99. The maximum atomic E-state index is 2.62. The SMILES string of the molecule is CC[Si](CC)(C1=C(C)C(C)=C(C)C1C)C1C=Cc2c(-c3cc(C(C)(C)C)cc(C(C)(C)C)c3C(C)C)cccc21. The summed E-state index contributed by atoms with van der Waals surface area (Å²) in [6, 6.07) is 14.9. The van der Waals surface area contributed by atoms with Crippen LogP contribution >= 0.6 is 0 Å². The fourth-order valence-corrected chi connectivity index (χ4v) is 13.8. The molecule has 40 heavy (non-hydrogen) atoms. The molecule has 0 aromatic heterocycles. The van der Waals surface area contributed by atoms with E-state index in [4.69, 9.17) is 0 Å². The molecule has 0 amide bonds. The standard InChI is InChI=1S/C39H56Si/c1-15-40(16-2,37-27(7)25(5)26(6)28(37)8)35-21-20-31-30(18-17-19-32(31)35)33-22-29(38(9,10)11)23-34(39(12,13)14)36(33)24(3)4/h17-24,27,35H,15-16H2,1-14H3. The predicted octanol–water partition coefficient (Wildman–Crippen LogP) is 12.1. The highest BCUT2D eigenvalue weighted by Crippen LogP contribution is 2.53. The van der Waals surface area contributed by atoms with Gasteiger partial charge in [0.25, 0.3) is 0 Å². The van der Waals surface area contributed by atoms with Crippen molar-refractivity contribution in [2.24, 2.45) is 5.92 Å². The lowest BCUT2D eigenvalue weighted by Gasteiger charge is -2.40. The van der Waals surface area contributed by atoms with Crippen molar-refractivity contribution in [1.82, 2.24) is 0 Å². The third-order valence-corrected chi connectivity index (χ3v) is 16.8. The second-order valence-corrected chi connectivity index (χ2v) is 20.1. The van der Waals surface area contributed by atoms with E-state index in [1.807, 2.05) is 5.20 Å². The Kier molecular flexibility index (Phi) is 8.18. The van der Waals surface area contributed by atoms with Crippen LogP contribution in [0.15, 0.2) is 58.3 Å². The zero-order chi connectivity index (χ0) is 29.9. The molecular formula is C39H56Si. The van der Waals surface area contributed by atoms with Gasteiger partial charge in [-0.05, 0) is 88.0 Å². The second kappa shape index (κ2) is 10.6. The number of hydrogen-bond acceptors (Lipinski definition) is 0. The molecular weight excluding hydrogens is 497 g/mol. The fraction of sp³-hybridized carbons (Fsp3) is 0.538. The molecule has 0 saturated heterocycles. The van der Waals surface area contributed by atoms with Crippen molar-refractivity contribution in [3.05, 3.63) is 86.1 Å². The molecule has 0 N–H and O–H groups in total. The van der Waals surface area contributed by atoms with Gasteiger partial charge in [0.1, 0.15) is 0 Å². The van der Waals surface area contributed by atoms with Crippen LogP contribution in [-0.2, 0) is 10.8 Å². The fourth-order valence-electron chi connectivity index (χ4n) is 8.01. The van der Waals surface area contributed by atoms with Crippen molar-refractivity contribution in [2.75, 3.05) is 0 Å². The lowest BCUT2D eigenvalue weighted by Crippen LogP contribution is -2.44. The Morgan fingerprint density at radius 1 is 0.825 bits per heavy atom. The van der Waals surface area contributed by atoms with Crippen LogP contribution < -0.4 is 0 Å². The summed E-state index contributed by atoms with van der Waals surface area (Å²) in [5.41, 5.74) is 15.9. The molecule has 0 nitrogen and oxygen atoms in total. The van der Waals surface area contributed by atoms with Gasteiger partial charge in [0.2, 0.25) is 0 Å². The molecule has 2 aromatic carbocycles. The van der Waals surface area contributed by atoms with Gasteiger partial charge >= 0.3 is 0 Å². The smallest absolute Gasteiger partial charge is 0.0787 e. The van der Waals surface area contributed by atoms with Crippen LogP contribution in [0, 0.1) is 5.92 Å². The van der Waals surface area contributed by atoms with Crippen LogP contribution in [0.4, 0.5) is 0 Å². The molecule has 2 atom stereocenters. The molecule has 0 bridgehead atoms. The average molecular weight is 553 g/mol. The third kappa shape index (κ3) is 4.85. The van der Waals surface area contributed by atoms with E-state index in [0.29, 0.717) is 17.4 Å². The summed E-state index contributed by atoms with van der Waals surface area (Å²) < 4.78 is 0. The average Bonchev–Trinajstić information content (AvgIpc) is 3.40. The zero-order valence-electron chi connectivity index (χ0n) is 28.2. The van der Waals surface area contributed by atoms with Gasteiger partial charge in [-0.2, -0.15) is 0 Å². The first-order valence-corrected chi connectivity index (χ1v) is 18.4. The lowest BCUT2D eigenvalue weighted by molar-refractivity contribution is 0.560. The minimum Gasteiger partial charge on any atom is -0.0787 e. The van der Waals surface area contributed by atoms with Crippen molar-refractivity contribution in [1.29, 1.82) is 0 Å². The Labute approximate surface area is 248 Å². The molecule has 2 aromatic rings. The highest BCUT2D eigenvalue weighted by atomic mass is 28.3. The van der Waals surface area contributed by atoms with E-state index in [0.717, 1.165) is 0 Å².